The molecule has 1 heterocycles. The number of hydrogen-bond donors (Lipinski definition) is 2. The van der Waals surface area contributed by atoms with Gasteiger partial charge in [-0.25, -0.2) is 0 Å². The third-order valence-corrected chi connectivity index (χ3v) is 2.40. The second kappa shape index (κ2) is 2.48. The molecule has 12 heavy (non-hydrogen) atoms. The van der Waals surface area contributed by atoms with Gasteiger partial charge in [-0.3, -0.25) is 4.79 Å². The first-order valence-electron chi connectivity index (χ1n) is 3.48. The van der Waals surface area contributed by atoms with Crippen molar-refractivity contribution >= 4 is 27.5 Å². The predicted molar refractivity (Wildman–Crippen MR) is 48.1 cm³/mol. The van der Waals surface area contributed by atoms with Gasteiger partial charge in [-0.1, -0.05) is 0 Å². The number of amides is 1. The zero-order valence-electron chi connectivity index (χ0n) is 6.10. The molecule has 3 nitrogen and oxygen atoms in total. The molecule has 2 N–H and O–H groups in total. The molecule has 62 valence electrons. The van der Waals surface area contributed by atoms with Gasteiger partial charge in [0.2, 0.25) is 5.91 Å². The molecule has 0 saturated heterocycles. The smallest absolute Gasteiger partial charge is 0.228 e. The number of aromatic hydroxyl groups is 1. The lowest BCUT2D eigenvalue weighted by Gasteiger charge is -2.01. The van der Waals surface area contributed by atoms with Gasteiger partial charge in [-0.15, -0.1) is 0 Å². The maximum atomic E-state index is 10.9. The van der Waals surface area contributed by atoms with Crippen LogP contribution in [0.25, 0.3) is 0 Å². The molecule has 0 saturated carbocycles. The molecule has 0 spiro atoms. The number of phenolic OH excluding ortho intramolecular Hbond substituents is 1. The Morgan fingerprint density at radius 3 is 3.00 bits per heavy atom. The molecular weight excluding hydrogens is 222 g/mol. The molecule has 0 atom stereocenters. The van der Waals surface area contributed by atoms with Crippen LogP contribution in [0.15, 0.2) is 16.6 Å². The van der Waals surface area contributed by atoms with E-state index in [2.05, 4.69) is 21.2 Å². The molecule has 1 aliphatic rings. The molecule has 1 amide bonds. The van der Waals surface area contributed by atoms with E-state index in [1.54, 1.807) is 12.1 Å². The quantitative estimate of drug-likeness (QED) is 0.663. The molecule has 1 aromatic carbocycles. The highest BCUT2D eigenvalue weighted by atomic mass is 79.9. The number of hydrogen-bond acceptors (Lipinski definition) is 2. The molecule has 2 rings (SSSR count). The number of phenols is 1. The van der Waals surface area contributed by atoms with Gasteiger partial charge in [0.1, 0.15) is 5.75 Å². The van der Waals surface area contributed by atoms with E-state index in [1.165, 1.54) is 0 Å². The summed E-state index contributed by atoms with van der Waals surface area (Å²) >= 11 is 3.25. The summed E-state index contributed by atoms with van der Waals surface area (Å²) in [7, 11) is 0. The predicted octanol–water partition coefficient (Wildman–Crippen LogP) is 1.65. The second-order valence-electron chi connectivity index (χ2n) is 2.69. The number of anilines is 1. The normalized spacial score (nSPS) is 14.2. The van der Waals surface area contributed by atoms with Gasteiger partial charge >= 0.3 is 0 Å². The molecule has 0 aliphatic carbocycles. The van der Waals surface area contributed by atoms with Crippen molar-refractivity contribution in [2.75, 3.05) is 5.32 Å². The maximum Gasteiger partial charge on any atom is 0.228 e. The van der Waals surface area contributed by atoms with E-state index in [0.717, 1.165) is 15.7 Å². The van der Waals surface area contributed by atoms with Gasteiger partial charge in [0.05, 0.1) is 12.1 Å². The van der Waals surface area contributed by atoms with Crippen LogP contribution in [-0.2, 0) is 11.2 Å². The summed E-state index contributed by atoms with van der Waals surface area (Å²) in [5, 5.41) is 11.9. The highest BCUT2D eigenvalue weighted by Gasteiger charge is 2.20. The number of fused-ring (bicyclic) bond motifs is 1. The number of carbonyl (C=O) groups excluding carboxylic acids is 1. The summed E-state index contributed by atoms with van der Waals surface area (Å²) in [5.41, 5.74) is 1.62. The van der Waals surface area contributed by atoms with E-state index in [0.29, 0.717) is 6.42 Å². The largest absolute Gasteiger partial charge is 0.508 e. The highest BCUT2D eigenvalue weighted by molar-refractivity contribution is 9.10. The fourth-order valence-corrected chi connectivity index (χ4v) is 1.87. The molecule has 4 heteroatoms. The van der Waals surface area contributed by atoms with E-state index in [-0.39, 0.29) is 11.7 Å². The first kappa shape index (κ1) is 7.61. The molecule has 0 unspecified atom stereocenters. The SMILES string of the molecule is O=C1Cc2cc(O)cc(Br)c2N1. The van der Waals surface area contributed by atoms with Crippen molar-refractivity contribution < 1.29 is 9.90 Å². The third-order valence-electron chi connectivity index (χ3n) is 1.77. The molecular formula is C8H6BrNO2. The summed E-state index contributed by atoms with van der Waals surface area (Å²) < 4.78 is 0.725. The van der Waals surface area contributed by atoms with Gasteiger partial charge in [0.15, 0.2) is 0 Å². The van der Waals surface area contributed by atoms with E-state index >= 15 is 0 Å². The number of benzene rings is 1. The molecule has 1 aromatic rings. The third kappa shape index (κ3) is 1.08. The standard InChI is InChI=1S/C8H6BrNO2/c9-6-3-5(11)1-4-2-7(12)10-8(4)6/h1,3,11H,2H2,(H,10,12). The van der Waals surface area contributed by atoms with Crippen molar-refractivity contribution in [3.63, 3.8) is 0 Å². The Morgan fingerprint density at radius 1 is 1.50 bits per heavy atom. The van der Waals surface area contributed by atoms with Gasteiger partial charge in [-0.2, -0.15) is 0 Å². The Kier molecular flexibility index (Phi) is 1.58. The average molecular weight is 228 g/mol. The van der Waals surface area contributed by atoms with Crippen molar-refractivity contribution in [3.05, 3.63) is 22.2 Å². The minimum atomic E-state index is -0.0312. The van der Waals surface area contributed by atoms with Crippen LogP contribution in [0.5, 0.6) is 5.75 Å². The number of halogens is 1. The number of nitrogens with one attached hydrogen (secondary N) is 1. The summed E-state index contributed by atoms with van der Waals surface area (Å²) in [4.78, 5) is 10.9. The first-order chi connectivity index (χ1) is 5.66. The van der Waals surface area contributed by atoms with Crippen LogP contribution in [0.4, 0.5) is 5.69 Å². The van der Waals surface area contributed by atoms with Crippen LogP contribution in [-0.4, -0.2) is 11.0 Å². The Balaban J connectivity index is 2.59. The van der Waals surface area contributed by atoms with Crippen molar-refractivity contribution in [2.24, 2.45) is 0 Å². The lowest BCUT2D eigenvalue weighted by Crippen LogP contribution is -2.03. The first-order valence-corrected chi connectivity index (χ1v) is 4.27. The highest BCUT2D eigenvalue weighted by Crippen LogP contribution is 2.34. The molecule has 0 aromatic heterocycles. The van der Waals surface area contributed by atoms with Crippen molar-refractivity contribution in [1.29, 1.82) is 0 Å². The van der Waals surface area contributed by atoms with E-state index in [4.69, 9.17) is 0 Å². The van der Waals surface area contributed by atoms with Gasteiger partial charge in [-0.05, 0) is 33.6 Å². The van der Waals surface area contributed by atoms with Crippen LogP contribution in [0.2, 0.25) is 0 Å². The minimum Gasteiger partial charge on any atom is -0.508 e. The maximum absolute atomic E-state index is 10.9. The summed E-state index contributed by atoms with van der Waals surface area (Å²) in [6.45, 7) is 0. The Morgan fingerprint density at radius 2 is 2.25 bits per heavy atom. The lowest BCUT2D eigenvalue weighted by molar-refractivity contribution is -0.115. The monoisotopic (exact) mass is 227 g/mol. The topological polar surface area (TPSA) is 49.3 Å². The van der Waals surface area contributed by atoms with Crippen LogP contribution in [0.3, 0.4) is 0 Å². The van der Waals surface area contributed by atoms with Crippen LogP contribution in [0.1, 0.15) is 5.56 Å². The summed E-state index contributed by atoms with van der Waals surface area (Å²) in [6, 6.07) is 3.16. The van der Waals surface area contributed by atoms with E-state index < -0.39 is 0 Å². The zero-order valence-corrected chi connectivity index (χ0v) is 7.68. The molecule has 0 fully saturated rings. The van der Waals surface area contributed by atoms with Gasteiger partial charge < -0.3 is 10.4 Å². The van der Waals surface area contributed by atoms with Crippen molar-refractivity contribution in [1.82, 2.24) is 0 Å². The number of rotatable bonds is 0. The second-order valence-corrected chi connectivity index (χ2v) is 3.54. The summed E-state index contributed by atoms with van der Waals surface area (Å²) in [6.07, 6.45) is 0.350. The van der Waals surface area contributed by atoms with Crippen molar-refractivity contribution in [2.45, 2.75) is 6.42 Å². The molecule has 1 aliphatic heterocycles. The number of carbonyl (C=O) groups is 1. The lowest BCUT2D eigenvalue weighted by atomic mass is 10.1. The van der Waals surface area contributed by atoms with Gasteiger partial charge in [0.25, 0.3) is 0 Å². The molecule has 0 radical (unpaired) electrons. The molecule has 0 bridgehead atoms. The zero-order chi connectivity index (χ0) is 8.72. The average Bonchev–Trinajstić information content (AvgIpc) is 2.29. The van der Waals surface area contributed by atoms with Crippen LogP contribution in [0, 0.1) is 0 Å². The van der Waals surface area contributed by atoms with Crippen LogP contribution < -0.4 is 5.32 Å². The van der Waals surface area contributed by atoms with E-state index in [9.17, 15) is 9.90 Å². The fourth-order valence-electron chi connectivity index (χ4n) is 1.28. The van der Waals surface area contributed by atoms with E-state index in [1.807, 2.05) is 0 Å². The van der Waals surface area contributed by atoms with Crippen molar-refractivity contribution in [3.8, 4) is 5.75 Å². The summed E-state index contributed by atoms with van der Waals surface area (Å²) in [5.74, 6) is 0.147. The Hall–Kier alpha value is -1.03. The Bertz CT molecular complexity index is 362. The minimum absolute atomic E-state index is 0.0312. The van der Waals surface area contributed by atoms with Gasteiger partial charge in [0, 0.05) is 4.47 Å². The Labute approximate surface area is 77.5 Å². The fraction of sp³-hybridized carbons (Fsp3) is 0.125. The van der Waals surface area contributed by atoms with Crippen LogP contribution >= 0.6 is 15.9 Å².